The van der Waals surface area contributed by atoms with E-state index in [0.717, 1.165) is 26.2 Å². The van der Waals surface area contributed by atoms with Crippen molar-refractivity contribution in [3.63, 3.8) is 0 Å². The quantitative estimate of drug-likeness (QED) is 0.688. The first kappa shape index (κ1) is 21.2. The van der Waals surface area contributed by atoms with Crippen molar-refractivity contribution < 1.29 is 19.2 Å². The van der Waals surface area contributed by atoms with Gasteiger partial charge in [0.15, 0.2) is 6.54 Å². The van der Waals surface area contributed by atoms with Crippen molar-refractivity contribution in [3.8, 4) is 0 Å². The molecule has 1 saturated heterocycles. The minimum absolute atomic E-state index is 0.0822. The Morgan fingerprint density at radius 2 is 1.89 bits per heavy atom. The number of amides is 1. The van der Waals surface area contributed by atoms with Crippen LogP contribution >= 0.6 is 0 Å². The molecule has 1 aliphatic rings. The molecule has 6 nitrogen and oxygen atoms in total. The van der Waals surface area contributed by atoms with Gasteiger partial charge in [0.25, 0.3) is 5.91 Å². The molecule has 6 heteroatoms. The number of benzene rings is 1. The van der Waals surface area contributed by atoms with Gasteiger partial charge in [-0.1, -0.05) is 26.0 Å². The van der Waals surface area contributed by atoms with Crippen molar-refractivity contribution >= 4 is 17.6 Å². The topological polar surface area (TPSA) is 63.1 Å². The van der Waals surface area contributed by atoms with E-state index >= 15 is 0 Å². The molecule has 0 saturated carbocycles. The number of carbonyl (C=O) groups excluding carboxylic acids is 2. The van der Waals surface area contributed by atoms with Crippen LogP contribution in [0.5, 0.6) is 0 Å². The lowest BCUT2D eigenvalue weighted by atomic mass is 10.0. The zero-order valence-corrected chi connectivity index (χ0v) is 17.3. The highest BCUT2D eigenvalue weighted by Crippen LogP contribution is 2.22. The van der Waals surface area contributed by atoms with E-state index in [1.165, 1.54) is 28.8 Å². The van der Waals surface area contributed by atoms with E-state index in [0.29, 0.717) is 18.9 Å². The number of nitrogens with one attached hydrogen (secondary N) is 2. The maximum Gasteiger partial charge on any atom is 0.328 e. The Morgan fingerprint density at radius 1 is 1.22 bits per heavy atom. The molecule has 1 aromatic rings. The summed E-state index contributed by atoms with van der Waals surface area (Å²) in [6.07, 6.45) is 0.591. The third kappa shape index (κ3) is 5.96. The number of carbonyl (C=O) groups is 2. The standard InChI is InChI=1S/C21H33N3O3/c1-15(2)13-18(21(26)27-5)22-20(25)14-23-9-11-24(12-10-23)19-8-6-7-16(3)17(19)4/h6-8,15,18H,9-14H2,1-5H3,(H,22,25)/p+1/t18-/m1/s1. The number of quaternary nitrogens is 1. The number of ether oxygens (including phenoxy) is 1. The minimum Gasteiger partial charge on any atom is -0.467 e. The van der Waals surface area contributed by atoms with E-state index in [9.17, 15) is 9.59 Å². The molecule has 27 heavy (non-hydrogen) atoms. The van der Waals surface area contributed by atoms with Gasteiger partial charge in [-0.15, -0.1) is 0 Å². The van der Waals surface area contributed by atoms with E-state index in [4.69, 9.17) is 4.74 Å². The van der Waals surface area contributed by atoms with Gasteiger partial charge in [-0.05, 0) is 43.4 Å². The Hall–Kier alpha value is -2.08. The number of hydrogen-bond acceptors (Lipinski definition) is 4. The van der Waals surface area contributed by atoms with Crippen LogP contribution in [0, 0.1) is 19.8 Å². The Labute approximate surface area is 162 Å². The Bertz CT molecular complexity index is 652. The van der Waals surface area contributed by atoms with Crippen molar-refractivity contribution in [2.24, 2.45) is 5.92 Å². The molecule has 1 aliphatic heterocycles. The summed E-state index contributed by atoms with van der Waals surface area (Å²) in [5.74, 6) is -0.143. The number of esters is 1. The first-order valence-electron chi connectivity index (χ1n) is 9.83. The van der Waals surface area contributed by atoms with Crippen LogP contribution in [-0.2, 0) is 14.3 Å². The Balaban J connectivity index is 1.86. The summed E-state index contributed by atoms with van der Waals surface area (Å²) in [5, 5.41) is 2.86. The second-order valence-electron chi connectivity index (χ2n) is 7.91. The van der Waals surface area contributed by atoms with E-state index in [-0.39, 0.29) is 11.9 Å². The Kier molecular flexibility index (Phi) is 7.66. The fraction of sp³-hybridized carbons (Fsp3) is 0.619. The number of aryl methyl sites for hydroxylation is 1. The number of hydrogen-bond donors (Lipinski definition) is 2. The highest BCUT2D eigenvalue weighted by atomic mass is 16.5. The van der Waals surface area contributed by atoms with E-state index in [2.05, 4.69) is 42.3 Å². The second-order valence-corrected chi connectivity index (χ2v) is 7.91. The smallest absolute Gasteiger partial charge is 0.328 e. The summed E-state index contributed by atoms with van der Waals surface area (Å²) >= 11 is 0. The van der Waals surface area contributed by atoms with E-state index in [1.54, 1.807) is 0 Å². The number of rotatable bonds is 7. The molecule has 2 rings (SSSR count). The van der Waals surface area contributed by atoms with Gasteiger partial charge in [-0.3, -0.25) is 4.79 Å². The summed E-state index contributed by atoms with van der Waals surface area (Å²) in [5.41, 5.74) is 3.93. The molecular formula is C21H34N3O3+. The largest absolute Gasteiger partial charge is 0.467 e. The average molecular weight is 377 g/mol. The van der Waals surface area contributed by atoms with Crippen LogP contribution < -0.4 is 15.1 Å². The maximum atomic E-state index is 12.4. The first-order chi connectivity index (χ1) is 12.8. The van der Waals surface area contributed by atoms with Crippen molar-refractivity contribution in [3.05, 3.63) is 29.3 Å². The molecule has 1 fully saturated rings. The number of methoxy groups -OCH3 is 1. The van der Waals surface area contributed by atoms with Crippen molar-refractivity contribution in [2.45, 2.75) is 40.2 Å². The molecule has 0 bridgehead atoms. The fourth-order valence-electron chi connectivity index (χ4n) is 3.62. The molecule has 1 heterocycles. The van der Waals surface area contributed by atoms with Crippen LogP contribution in [0.4, 0.5) is 5.69 Å². The van der Waals surface area contributed by atoms with Gasteiger partial charge in [0, 0.05) is 5.69 Å². The highest BCUT2D eigenvalue weighted by Gasteiger charge is 2.27. The number of nitrogens with zero attached hydrogens (tertiary/aromatic N) is 1. The molecule has 1 atom stereocenters. The zero-order valence-electron chi connectivity index (χ0n) is 17.3. The minimum atomic E-state index is -0.557. The molecule has 150 valence electrons. The molecule has 0 radical (unpaired) electrons. The van der Waals surface area contributed by atoms with Gasteiger partial charge in [-0.2, -0.15) is 0 Å². The van der Waals surface area contributed by atoms with Crippen molar-refractivity contribution in [1.29, 1.82) is 0 Å². The lowest BCUT2D eigenvalue weighted by Gasteiger charge is -2.34. The monoisotopic (exact) mass is 376 g/mol. The number of anilines is 1. The SMILES string of the molecule is COC(=O)[C@@H](CC(C)C)NC(=O)C[NH+]1CCN(c2cccc(C)c2C)CC1. The van der Waals surface area contributed by atoms with E-state index < -0.39 is 6.04 Å². The molecule has 1 aromatic carbocycles. The summed E-state index contributed by atoms with van der Waals surface area (Å²) in [7, 11) is 1.36. The first-order valence-corrected chi connectivity index (χ1v) is 9.83. The molecule has 0 aliphatic carbocycles. The lowest BCUT2D eigenvalue weighted by molar-refractivity contribution is -0.892. The summed E-state index contributed by atoms with van der Waals surface area (Å²) < 4.78 is 4.82. The number of piperazine rings is 1. The summed E-state index contributed by atoms with van der Waals surface area (Å²) in [6, 6.07) is 5.86. The van der Waals surface area contributed by atoms with Crippen molar-refractivity contribution in [2.75, 3.05) is 44.7 Å². The second kappa shape index (κ2) is 9.74. The van der Waals surface area contributed by atoms with E-state index in [1.807, 2.05) is 13.8 Å². The van der Waals surface area contributed by atoms with Gasteiger partial charge in [0.2, 0.25) is 0 Å². The Morgan fingerprint density at radius 3 is 2.48 bits per heavy atom. The predicted octanol–water partition coefficient (Wildman–Crippen LogP) is 0.712. The zero-order chi connectivity index (χ0) is 20.0. The van der Waals surface area contributed by atoms with Crippen LogP contribution in [0.3, 0.4) is 0 Å². The van der Waals surface area contributed by atoms with Crippen LogP contribution in [0.25, 0.3) is 0 Å². The van der Waals surface area contributed by atoms with Gasteiger partial charge < -0.3 is 19.9 Å². The van der Waals surface area contributed by atoms with Gasteiger partial charge in [0.1, 0.15) is 6.04 Å². The molecule has 0 aromatic heterocycles. The van der Waals surface area contributed by atoms with Crippen LogP contribution in [-0.4, -0.2) is 57.8 Å². The average Bonchev–Trinajstić information content (AvgIpc) is 2.63. The van der Waals surface area contributed by atoms with Crippen LogP contribution in [0.2, 0.25) is 0 Å². The third-order valence-electron chi connectivity index (χ3n) is 5.33. The highest BCUT2D eigenvalue weighted by molar-refractivity contribution is 5.84. The predicted molar refractivity (Wildman–Crippen MR) is 107 cm³/mol. The van der Waals surface area contributed by atoms with Gasteiger partial charge in [0.05, 0.1) is 33.3 Å². The molecular weight excluding hydrogens is 342 g/mol. The third-order valence-corrected chi connectivity index (χ3v) is 5.33. The van der Waals surface area contributed by atoms with Gasteiger partial charge >= 0.3 is 5.97 Å². The van der Waals surface area contributed by atoms with Gasteiger partial charge in [-0.25, -0.2) is 4.79 Å². The maximum absolute atomic E-state index is 12.4. The van der Waals surface area contributed by atoms with Crippen molar-refractivity contribution in [1.82, 2.24) is 5.32 Å². The lowest BCUT2D eigenvalue weighted by Crippen LogP contribution is -3.16. The summed E-state index contributed by atoms with van der Waals surface area (Å²) in [6.45, 7) is 12.4. The molecule has 0 unspecified atom stereocenters. The van der Waals surface area contributed by atoms with Crippen LogP contribution in [0.15, 0.2) is 18.2 Å². The van der Waals surface area contributed by atoms with Crippen LogP contribution in [0.1, 0.15) is 31.4 Å². The fourth-order valence-corrected chi connectivity index (χ4v) is 3.62. The molecule has 1 amide bonds. The normalized spacial score (nSPS) is 16.3. The molecule has 0 spiro atoms. The summed E-state index contributed by atoms with van der Waals surface area (Å²) in [4.78, 5) is 28.0. The molecule has 2 N–H and O–H groups in total.